The first kappa shape index (κ1) is 65.1. The number of hydrogen-bond acceptors (Lipinski definition) is 10. The molecule has 0 unspecified atom stereocenters. The quantitative estimate of drug-likeness (QED) is 0.0287. The number of aromatic nitrogens is 2. The van der Waals surface area contributed by atoms with Crippen LogP contribution in [0.4, 0.5) is 20.2 Å². The van der Waals surface area contributed by atoms with E-state index in [2.05, 4.69) is 54.9 Å². The molecule has 2 aromatic heterocycles. The van der Waals surface area contributed by atoms with Gasteiger partial charge in [-0.25, -0.2) is 8.78 Å². The molecular weight excluding hydrogens is 1120 g/mol. The largest absolute Gasteiger partial charge is 0.481 e. The molecule has 2 aliphatic heterocycles. The number of fused-ring (bicyclic) bond motifs is 2. The van der Waals surface area contributed by atoms with E-state index >= 15 is 0 Å². The fourth-order valence-corrected chi connectivity index (χ4v) is 11.4. The van der Waals surface area contributed by atoms with Gasteiger partial charge >= 0.3 is 0 Å². The van der Waals surface area contributed by atoms with Gasteiger partial charge in [0.05, 0.1) is 23.5 Å². The number of rotatable bonds is 26. The molecule has 6 N–H and O–H groups in total. The Labute approximate surface area is 514 Å². The summed E-state index contributed by atoms with van der Waals surface area (Å²) in [4.78, 5) is 92.0. The number of anilines is 2. The van der Waals surface area contributed by atoms with Crippen LogP contribution in [0.15, 0.2) is 119 Å². The number of benzene rings is 4. The van der Waals surface area contributed by atoms with Crippen LogP contribution in [0, 0.1) is 35.3 Å². The predicted octanol–water partition coefficient (Wildman–Crippen LogP) is 8.25. The number of nitrogens with one attached hydrogen (secondary N) is 6. The first-order valence-corrected chi connectivity index (χ1v) is 30.2. The van der Waals surface area contributed by atoms with E-state index in [-0.39, 0.29) is 72.4 Å². The van der Waals surface area contributed by atoms with Gasteiger partial charge in [0.15, 0.2) is 0 Å². The Kier molecular flexibility index (Phi) is 22.0. The van der Waals surface area contributed by atoms with Crippen molar-refractivity contribution in [3.8, 4) is 35.2 Å². The third kappa shape index (κ3) is 16.6. The number of aryl methyl sites for hydroxylation is 2. The smallest absolute Gasteiger partial charge is 0.251 e. The number of ether oxygens (including phenoxy) is 2. The van der Waals surface area contributed by atoms with Gasteiger partial charge in [-0.1, -0.05) is 90.1 Å². The molecule has 462 valence electrons. The van der Waals surface area contributed by atoms with Crippen molar-refractivity contribution < 1.29 is 37.4 Å². The molecule has 0 spiro atoms. The van der Waals surface area contributed by atoms with Gasteiger partial charge in [0.1, 0.15) is 48.4 Å². The lowest BCUT2D eigenvalue weighted by molar-refractivity contribution is -0.129. The fraction of sp³-hybridized carbons (Fsp3) is 0.400. The molecular formula is C70H80F2N8O8. The summed E-state index contributed by atoms with van der Waals surface area (Å²) in [5.41, 5.74) is 5.29. The zero-order chi connectivity index (χ0) is 63.1. The highest BCUT2D eigenvalue weighted by Crippen LogP contribution is 2.41. The van der Waals surface area contributed by atoms with Gasteiger partial charge in [-0.2, -0.15) is 0 Å². The van der Waals surface area contributed by atoms with Crippen molar-refractivity contribution in [3.63, 3.8) is 0 Å². The van der Waals surface area contributed by atoms with Crippen LogP contribution in [0.25, 0.3) is 0 Å². The van der Waals surface area contributed by atoms with Crippen LogP contribution in [0.3, 0.4) is 0 Å². The SMILES string of the molecule is CC[C@H](NC)C(=O)N[C@@H](CCCc1ccc(OCC#CC#CCOc2ccc(CCC[C@H](NC(=O)[C@H](CC)NC)C(=O)N3CC(C)(C)c4[nH]c(=O)c(Cc5ccc(F)cc5)cc43)cc2)cc1)C(=O)N1CC(C)(C)c2[nH]c(=O)c(Cc3ccc(F)cc3)cc21. The van der Waals surface area contributed by atoms with Crippen molar-refractivity contribution in [2.24, 2.45) is 0 Å². The molecule has 4 atom stereocenters. The molecule has 8 rings (SSSR count). The number of aromatic amines is 2. The topological polar surface area (TPSA) is 207 Å². The van der Waals surface area contributed by atoms with E-state index in [1.165, 1.54) is 24.3 Å². The second-order valence-electron chi connectivity index (χ2n) is 23.9. The monoisotopic (exact) mass is 1200 g/mol. The zero-order valence-corrected chi connectivity index (χ0v) is 51.5. The van der Waals surface area contributed by atoms with Crippen LogP contribution in [0.1, 0.15) is 125 Å². The highest BCUT2D eigenvalue weighted by Gasteiger charge is 2.43. The number of hydrogen-bond donors (Lipinski definition) is 6. The van der Waals surface area contributed by atoms with Gasteiger partial charge in [0.25, 0.3) is 11.1 Å². The number of halogens is 2. The second-order valence-corrected chi connectivity index (χ2v) is 23.9. The Morgan fingerprint density at radius 3 is 1.24 bits per heavy atom. The van der Waals surface area contributed by atoms with E-state index in [0.717, 1.165) is 22.3 Å². The first-order valence-electron chi connectivity index (χ1n) is 30.2. The molecule has 0 radical (unpaired) electrons. The average molecular weight is 1200 g/mol. The lowest BCUT2D eigenvalue weighted by atomic mass is 9.91. The number of H-pyrrole nitrogens is 2. The lowest BCUT2D eigenvalue weighted by Crippen LogP contribution is -2.53. The molecule has 4 amide bonds. The highest BCUT2D eigenvalue weighted by atomic mass is 19.1. The number of pyridine rings is 2. The Hall–Kier alpha value is -8.84. The maximum Gasteiger partial charge on any atom is 0.251 e. The van der Waals surface area contributed by atoms with E-state index in [1.54, 1.807) is 60.3 Å². The number of carbonyl (C=O) groups excluding carboxylic acids is 4. The maximum atomic E-state index is 14.6. The molecule has 0 saturated heterocycles. The number of amides is 4. The van der Waals surface area contributed by atoms with Gasteiger partial charge < -0.3 is 50.5 Å². The van der Waals surface area contributed by atoms with Crippen molar-refractivity contribution in [2.75, 3.05) is 50.2 Å². The minimum atomic E-state index is -0.832. The maximum absolute atomic E-state index is 14.6. The van der Waals surface area contributed by atoms with Crippen molar-refractivity contribution in [3.05, 3.63) is 186 Å². The summed E-state index contributed by atoms with van der Waals surface area (Å²) >= 11 is 0. The zero-order valence-electron chi connectivity index (χ0n) is 51.5. The second kappa shape index (κ2) is 29.7. The third-order valence-corrected chi connectivity index (χ3v) is 16.4. The molecule has 88 heavy (non-hydrogen) atoms. The number of carbonyl (C=O) groups is 4. The van der Waals surface area contributed by atoms with Crippen LogP contribution in [0.5, 0.6) is 11.5 Å². The van der Waals surface area contributed by atoms with Crippen LogP contribution < -0.4 is 51.7 Å². The Balaban J connectivity index is 0.798. The minimum absolute atomic E-state index is 0.118. The molecule has 0 saturated carbocycles. The summed E-state index contributed by atoms with van der Waals surface area (Å²) in [6.07, 6.45) is 4.79. The van der Waals surface area contributed by atoms with E-state index < -0.39 is 35.0 Å². The summed E-state index contributed by atoms with van der Waals surface area (Å²) in [5, 5.41) is 12.1. The van der Waals surface area contributed by atoms with Crippen LogP contribution in [-0.2, 0) is 55.7 Å². The Morgan fingerprint density at radius 2 is 0.898 bits per heavy atom. The molecule has 2 aliphatic rings. The molecule has 4 heterocycles. The molecule has 18 heteroatoms. The molecule has 4 aromatic carbocycles. The van der Waals surface area contributed by atoms with E-state index in [0.29, 0.717) is 110 Å². The number of nitrogens with zero attached hydrogens (tertiary/aromatic N) is 2. The summed E-state index contributed by atoms with van der Waals surface area (Å²) in [6, 6.07) is 28.1. The summed E-state index contributed by atoms with van der Waals surface area (Å²) < 4.78 is 39.0. The van der Waals surface area contributed by atoms with Gasteiger partial charge in [0, 0.05) is 59.3 Å². The Morgan fingerprint density at radius 1 is 0.545 bits per heavy atom. The van der Waals surface area contributed by atoms with Crippen molar-refractivity contribution in [1.29, 1.82) is 0 Å². The predicted molar refractivity (Wildman–Crippen MR) is 339 cm³/mol. The molecule has 0 bridgehead atoms. The van der Waals surface area contributed by atoms with E-state index in [9.17, 15) is 37.5 Å². The minimum Gasteiger partial charge on any atom is -0.481 e. The molecule has 0 fully saturated rings. The number of likely N-dealkylation sites (N-methyl/N-ethyl adjacent to an activating group) is 2. The third-order valence-electron chi connectivity index (χ3n) is 16.4. The summed E-state index contributed by atoms with van der Waals surface area (Å²) in [5.74, 6) is 10.9. The van der Waals surface area contributed by atoms with Crippen LogP contribution in [-0.4, -0.2) is 98.2 Å². The van der Waals surface area contributed by atoms with Crippen molar-refractivity contribution in [1.82, 2.24) is 31.2 Å². The first-order chi connectivity index (χ1) is 42.2. The van der Waals surface area contributed by atoms with Crippen molar-refractivity contribution in [2.45, 2.75) is 141 Å². The molecule has 0 aliphatic carbocycles. The molecule has 16 nitrogen and oxygen atoms in total. The average Bonchev–Trinajstić information content (AvgIpc) is 2.15. The standard InChI is InChI=1S/C70H80F2N8O8/c1-9-55(73-7)65(83)75-57(67(85)79-43-69(3,4)61-59(79)41-49(63(81)77-61)39-47-21-29-51(71)30-22-47)19-15-17-45-25-33-53(34-26-45)87-37-13-11-12-14-38-88-54-35-27-46(28-36-54)18-16-20-58(76-66(84)56(10-2)74-8)68(86)80-44-70(5,6)62-60(80)42-50(64(82)78-62)40-48-23-31-52(72)32-24-48/h21-36,41-42,55-58,73-74H,9-10,15-20,37-40,43-44H2,1-8H3,(H,75,83)(H,76,84)(H,77,81)(H,78,82)/t55-,56-,57-,58-/m0/s1. The van der Waals surface area contributed by atoms with Crippen molar-refractivity contribution >= 4 is 35.0 Å². The molecule has 6 aromatic rings. The highest BCUT2D eigenvalue weighted by molar-refractivity contribution is 6.02. The van der Waals surface area contributed by atoms with Gasteiger partial charge in [-0.05, 0) is 172 Å². The fourth-order valence-electron chi connectivity index (χ4n) is 11.4. The normalized spacial score (nSPS) is 14.8. The van der Waals surface area contributed by atoms with Gasteiger partial charge in [-0.3, -0.25) is 28.8 Å². The van der Waals surface area contributed by atoms with Gasteiger partial charge in [0.2, 0.25) is 23.6 Å². The van der Waals surface area contributed by atoms with E-state index in [4.69, 9.17) is 9.47 Å². The van der Waals surface area contributed by atoms with E-state index in [1.807, 2.05) is 90.1 Å². The lowest BCUT2D eigenvalue weighted by Gasteiger charge is -2.27. The summed E-state index contributed by atoms with van der Waals surface area (Å²) in [6.45, 7) is 12.5. The van der Waals surface area contributed by atoms with Crippen LogP contribution >= 0.6 is 0 Å². The van der Waals surface area contributed by atoms with Gasteiger partial charge in [-0.15, -0.1) is 0 Å². The Bertz CT molecular complexity index is 3440. The summed E-state index contributed by atoms with van der Waals surface area (Å²) in [7, 11) is 3.42. The van der Waals surface area contributed by atoms with Crippen LogP contribution in [0.2, 0.25) is 0 Å².